The minimum Gasteiger partial charge on any atom is -0.309 e. The van der Waals surface area contributed by atoms with Crippen LogP contribution < -0.4 is 10.9 Å². The minimum absolute atomic E-state index is 0.171. The standard InChI is InChI=1S/C17H14N4O2/c22-16(19-15-8-4-5-11-18-15)12-21-17(23)10-9-14(20-21)13-6-2-1-3-7-13/h1-11H,12H2,(H,18,19,22). The van der Waals surface area contributed by atoms with Gasteiger partial charge in [-0.2, -0.15) is 5.10 Å². The number of carbonyl (C=O) groups is 1. The Balaban J connectivity index is 1.80. The number of hydrogen-bond acceptors (Lipinski definition) is 4. The molecule has 0 aliphatic heterocycles. The maximum Gasteiger partial charge on any atom is 0.267 e. The average molecular weight is 306 g/mol. The highest BCUT2D eigenvalue weighted by Gasteiger charge is 2.08. The zero-order chi connectivity index (χ0) is 16.1. The largest absolute Gasteiger partial charge is 0.309 e. The van der Waals surface area contributed by atoms with Crippen LogP contribution in [-0.4, -0.2) is 20.7 Å². The van der Waals surface area contributed by atoms with E-state index in [2.05, 4.69) is 15.4 Å². The number of benzene rings is 1. The van der Waals surface area contributed by atoms with E-state index in [1.807, 2.05) is 30.3 Å². The van der Waals surface area contributed by atoms with Crippen molar-refractivity contribution in [2.75, 3.05) is 5.32 Å². The molecule has 2 heterocycles. The molecule has 0 saturated heterocycles. The number of nitrogens with zero attached hydrogens (tertiary/aromatic N) is 3. The van der Waals surface area contributed by atoms with E-state index in [1.165, 1.54) is 6.07 Å². The number of nitrogens with one attached hydrogen (secondary N) is 1. The molecular formula is C17H14N4O2. The van der Waals surface area contributed by atoms with E-state index in [0.29, 0.717) is 11.5 Å². The molecule has 23 heavy (non-hydrogen) atoms. The van der Waals surface area contributed by atoms with Gasteiger partial charge in [0.15, 0.2) is 0 Å². The second-order valence-electron chi connectivity index (χ2n) is 4.84. The van der Waals surface area contributed by atoms with Crippen LogP contribution in [0.4, 0.5) is 5.82 Å². The highest BCUT2D eigenvalue weighted by molar-refractivity contribution is 5.89. The van der Waals surface area contributed by atoms with Gasteiger partial charge in [0.05, 0.1) is 5.69 Å². The van der Waals surface area contributed by atoms with Gasteiger partial charge in [-0.25, -0.2) is 9.67 Å². The van der Waals surface area contributed by atoms with Gasteiger partial charge in [0, 0.05) is 17.8 Å². The van der Waals surface area contributed by atoms with Crippen molar-refractivity contribution in [1.82, 2.24) is 14.8 Å². The first-order valence-corrected chi connectivity index (χ1v) is 7.07. The fourth-order valence-corrected chi connectivity index (χ4v) is 2.08. The fourth-order valence-electron chi connectivity index (χ4n) is 2.08. The Labute approximate surface area is 132 Å². The SMILES string of the molecule is O=C(Cn1nc(-c2ccccc2)ccc1=O)Nc1ccccn1. The third kappa shape index (κ3) is 3.68. The van der Waals surface area contributed by atoms with E-state index >= 15 is 0 Å². The molecule has 6 nitrogen and oxygen atoms in total. The summed E-state index contributed by atoms with van der Waals surface area (Å²) in [5.41, 5.74) is 1.18. The van der Waals surface area contributed by atoms with E-state index in [-0.39, 0.29) is 18.0 Å². The second-order valence-corrected chi connectivity index (χ2v) is 4.84. The molecule has 3 aromatic rings. The molecule has 1 aromatic carbocycles. The number of carbonyl (C=O) groups excluding carboxylic acids is 1. The van der Waals surface area contributed by atoms with Crippen LogP contribution in [0.2, 0.25) is 0 Å². The lowest BCUT2D eigenvalue weighted by Gasteiger charge is -2.07. The minimum atomic E-state index is -0.358. The van der Waals surface area contributed by atoms with Crippen molar-refractivity contribution in [2.45, 2.75) is 6.54 Å². The number of hydrogen-bond donors (Lipinski definition) is 1. The molecule has 0 bridgehead atoms. The molecule has 3 rings (SSSR count). The van der Waals surface area contributed by atoms with Gasteiger partial charge in [-0.05, 0) is 18.2 Å². The van der Waals surface area contributed by atoms with Crippen molar-refractivity contribution in [2.24, 2.45) is 0 Å². The van der Waals surface area contributed by atoms with Gasteiger partial charge in [-0.1, -0.05) is 36.4 Å². The summed E-state index contributed by atoms with van der Waals surface area (Å²) < 4.78 is 1.14. The predicted octanol–water partition coefficient (Wildman–Crippen LogP) is 1.94. The summed E-state index contributed by atoms with van der Waals surface area (Å²) in [5, 5.41) is 6.87. The second kappa shape index (κ2) is 6.65. The summed E-state index contributed by atoms with van der Waals surface area (Å²) in [7, 11) is 0. The first-order chi connectivity index (χ1) is 11.2. The Morgan fingerprint density at radius 2 is 1.78 bits per heavy atom. The first-order valence-electron chi connectivity index (χ1n) is 7.07. The smallest absolute Gasteiger partial charge is 0.267 e. The fraction of sp³-hybridized carbons (Fsp3) is 0.0588. The topological polar surface area (TPSA) is 76.9 Å². The van der Waals surface area contributed by atoms with Gasteiger partial charge in [-0.3, -0.25) is 9.59 Å². The molecule has 6 heteroatoms. The van der Waals surface area contributed by atoms with Crippen LogP contribution in [0.5, 0.6) is 0 Å². The maximum atomic E-state index is 12.0. The number of rotatable bonds is 4. The van der Waals surface area contributed by atoms with E-state index in [0.717, 1.165) is 10.2 Å². The van der Waals surface area contributed by atoms with Gasteiger partial charge in [0.25, 0.3) is 5.56 Å². The van der Waals surface area contributed by atoms with E-state index in [4.69, 9.17) is 0 Å². The Hall–Kier alpha value is -3.28. The Bertz CT molecular complexity index is 861. The van der Waals surface area contributed by atoms with Crippen molar-refractivity contribution in [1.29, 1.82) is 0 Å². The molecule has 1 N–H and O–H groups in total. The third-order valence-corrected chi connectivity index (χ3v) is 3.16. The molecule has 0 fully saturated rings. The molecule has 0 radical (unpaired) electrons. The van der Waals surface area contributed by atoms with Gasteiger partial charge < -0.3 is 5.32 Å². The van der Waals surface area contributed by atoms with Crippen LogP contribution in [0.3, 0.4) is 0 Å². The summed E-state index contributed by atoms with van der Waals surface area (Å²) in [6.07, 6.45) is 1.58. The lowest BCUT2D eigenvalue weighted by atomic mass is 10.1. The molecule has 0 saturated carbocycles. The van der Waals surface area contributed by atoms with Gasteiger partial charge in [0.2, 0.25) is 5.91 Å². The van der Waals surface area contributed by atoms with Crippen LogP contribution in [0.25, 0.3) is 11.3 Å². The summed E-state index contributed by atoms with van der Waals surface area (Å²) in [6, 6.07) is 17.7. The number of amides is 1. The Morgan fingerprint density at radius 3 is 2.52 bits per heavy atom. The molecule has 1 amide bonds. The molecule has 0 aliphatic carbocycles. The zero-order valence-corrected chi connectivity index (χ0v) is 12.2. The van der Waals surface area contributed by atoms with Gasteiger partial charge >= 0.3 is 0 Å². The first kappa shape index (κ1) is 14.6. The summed E-state index contributed by atoms with van der Waals surface area (Å²) in [5.74, 6) is 0.0771. The molecule has 0 unspecified atom stereocenters. The number of anilines is 1. The lowest BCUT2D eigenvalue weighted by molar-refractivity contribution is -0.117. The summed E-state index contributed by atoms with van der Waals surface area (Å²) in [4.78, 5) is 27.9. The number of aromatic nitrogens is 3. The summed E-state index contributed by atoms with van der Waals surface area (Å²) >= 11 is 0. The molecule has 0 atom stereocenters. The lowest BCUT2D eigenvalue weighted by Crippen LogP contribution is -2.29. The van der Waals surface area contributed by atoms with Gasteiger partial charge in [-0.15, -0.1) is 0 Å². The predicted molar refractivity (Wildman–Crippen MR) is 86.8 cm³/mol. The molecule has 114 valence electrons. The van der Waals surface area contributed by atoms with Crippen molar-refractivity contribution >= 4 is 11.7 Å². The number of pyridine rings is 1. The normalized spacial score (nSPS) is 10.3. The quantitative estimate of drug-likeness (QED) is 0.799. The molecule has 2 aromatic heterocycles. The average Bonchev–Trinajstić information content (AvgIpc) is 2.58. The van der Waals surface area contributed by atoms with E-state index < -0.39 is 0 Å². The molecular weight excluding hydrogens is 292 g/mol. The van der Waals surface area contributed by atoms with Crippen LogP contribution >= 0.6 is 0 Å². The van der Waals surface area contributed by atoms with Gasteiger partial charge in [0.1, 0.15) is 12.4 Å². The van der Waals surface area contributed by atoms with Crippen molar-refractivity contribution in [3.63, 3.8) is 0 Å². The Kier molecular flexibility index (Phi) is 4.24. The third-order valence-electron chi connectivity index (χ3n) is 3.16. The van der Waals surface area contributed by atoms with Crippen LogP contribution in [0.15, 0.2) is 71.7 Å². The van der Waals surface area contributed by atoms with Crippen LogP contribution in [-0.2, 0) is 11.3 Å². The Morgan fingerprint density at radius 1 is 1.00 bits per heavy atom. The monoisotopic (exact) mass is 306 g/mol. The molecule has 0 aliphatic rings. The molecule has 0 spiro atoms. The summed E-state index contributed by atoms with van der Waals surface area (Å²) in [6.45, 7) is -0.171. The maximum absolute atomic E-state index is 12.0. The van der Waals surface area contributed by atoms with E-state index in [9.17, 15) is 9.59 Å². The van der Waals surface area contributed by atoms with Crippen molar-refractivity contribution in [3.05, 3.63) is 77.2 Å². The van der Waals surface area contributed by atoms with Crippen LogP contribution in [0.1, 0.15) is 0 Å². The van der Waals surface area contributed by atoms with Crippen LogP contribution in [0, 0.1) is 0 Å². The van der Waals surface area contributed by atoms with E-state index in [1.54, 1.807) is 30.5 Å². The zero-order valence-electron chi connectivity index (χ0n) is 12.2. The highest BCUT2D eigenvalue weighted by Crippen LogP contribution is 2.13. The van der Waals surface area contributed by atoms with Crippen molar-refractivity contribution in [3.8, 4) is 11.3 Å². The van der Waals surface area contributed by atoms with Crippen molar-refractivity contribution < 1.29 is 4.79 Å². The highest BCUT2D eigenvalue weighted by atomic mass is 16.2.